The van der Waals surface area contributed by atoms with Gasteiger partial charge in [0.25, 0.3) is 0 Å². The molecule has 0 spiro atoms. The lowest BCUT2D eigenvalue weighted by molar-refractivity contribution is -0.129. The van der Waals surface area contributed by atoms with Crippen molar-refractivity contribution < 1.29 is 23.0 Å². The minimum Gasteiger partial charge on any atom is -0.434 e. The standard InChI is InChI=1S/C17H10BrF2NO3/c18-11-7-5-10(6-8-11)9-13-16(22)24-15(21-13)12-3-1-2-4-14(12)23-17(19)20/h1-9,17H/b13-9-. The maximum Gasteiger partial charge on any atom is 0.387 e. The number of cyclic esters (lactones) is 1. The third kappa shape index (κ3) is 3.68. The average molecular weight is 394 g/mol. The highest BCUT2D eigenvalue weighted by atomic mass is 79.9. The molecule has 0 aliphatic carbocycles. The number of para-hydroxylation sites is 1. The Morgan fingerprint density at radius 2 is 1.83 bits per heavy atom. The molecule has 1 heterocycles. The van der Waals surface area contributed by atoms with Gasteiger partial charge in [0, 0.05) is 4.47 Å². The summed E-state index contributed by atoms with van der Waals surface area (Å²) in [6, 6.07) is 13.2. The predicted molar refractivity (Wildman–Crippen MR) is 87.8 cm³/mol. The molecule has 0 N–H and O–H groups in total. The highest BCUT2D eigenvalue weighted by molar-refractivity contribution is 9.10. The van der Waals surface area contributed by atoms with E-state index in [1.54, 1.807) is 24.3 Å². The molecular weight excluding hydrogens is 384 g/mol. The maximum atomic E-state index is 12.5. The van der Waals surface area contributed by atoms with Gasteiger partial charge in [-0.05, 0) is 35.9 Å². The van der Waals surface area contributed by atoms with E-state index in [1.165, 1.54) is 18.2 Å². The Hall–Kier alpha value is -2.54. The first kappa shape index (κ1) is 16.3. The van der Waals surface area contributed by atoms with Crippen LogP contribution < -0.4 is 4.74 Å². The van der Waals surface area contributed by atoms with Gasteiger partial charge in [0.05, 0.1) is 5.56 Å². The summed E-state index contributed by atoms with van der Waals surface area (Å²) in [6.07, 6.45) is 1.55. The minimum atomic E-state index is -2.98. The van der Waals surface area contributed by atoms with Crippen molar-refractivity contribution in [2.45, 2.75) is 6.61 Å². The van der Waals surface area contributed by atoms with E-state index in [1.807, 2.05) is 12.1 Å². The second-order valence-corrected chi connectivity index (χ2v) is 5.68. The molecule has 7 heteroatoms. The Kier molecular flexibility index (Phi) is 4.71. The number of hydrogen-bond acceptors (Lipinski definition) is 4. The van der Waals surface area contributed by atoms with Crippen LogP contribution in [0.15, 0.2) is 63.7 Å². The number of benzene rings is 2. The van der Waals surface area contributed by atoms with Gasteiger partial charge in [-0.2, -0.15) is 8.78 Å². The van der Waals surface area contributed by atoms with Gasteiger partial charge in [0.1, 0.15) is 5.75 Å². The van der Waals surface area contributed by atoms with Crippen molar-refractivity contribution >= 4 is 33.9 Å². The van der Waals surface area contributed by atoms with Gasteiger partial charge < -0.3 is 9.47 Å². The number of esters is 1. The highest BCUT2D eigenvalue weighted by Crippen LogP contribution is 2.26. The summed E-state index contributed by atoms with van der Waals surface area (Å²) in [5, 5.41) is 0. The van der Waals surface area contributed by atoms with E-state index in [4.69, 9.17) is 4.74 Å². The maximum absolute atomic E-state index is 12.5. The molecule has 3 rings (SSSR count). The Labute approximate surface area is 144 Å². The number of ether oxygens (including phenoxy) is 2. The fourth-order valence-electron chi connectivity index (χ4n) is 2.08. The molecule has 0 atom stereocenters. The molecular formula is C17H10BrF2NO3. The summed E-state index contributed by atoms with van der Waals surface area (Å²) in [7, 11) is 0. The number of alkyl halides is 2. The fraction of sp³-hybridized carbons (Fsp3) is 0.0588. The van der Waals surface area contributed by atoms with Gasteiger partial charge in [0.2, 0.25) is 5.90 Å². The molecule has 1 aliphatic rings. The Balaban J connectivity index is 1.94. The Morgan fingerprint density at radius 3 is 2.54 bits per heavy atom. The molecule has 2 aromatic carbocycles. The van der Waals surface area contributed by atoms with Gasteiger partial charge in [-0.3, -0.25) is 0 Å². The van der Waals surface area contributed by atoms with E-state index in [0.717, 1.165) is 10.0 Å². The van der Waals surface area contributed by atoms with Crippen molar-refractivity contribution in [3.8, 4) is 5.75 Å². The second kappa shape index (κ2) is 6.92. The second-order valence-electron chi connectivity index (χ2n) is 4.76. The minimum absolute atomic E-state index is 0.0698. The van der Waals surface area contributed by atoms with E-state index in [-0.39, 0.29) is 22.9 Å². The smallest absolute Gasteiger partial charge is 0.387 e. The molecule has 4 nitrogen and oxygen atoms in total. The SMILES string of the molecule is O=C1OC(c2ccccc2OC(F)F)=N/C1=C\c1ccc(Br)cc1. The molecule has 0 fully saturated rings. The van der Waals surface area contributed by atoms with Crippen LogP contribution in [0.3, 0.4) is 0 Å². The predicted octanol–water partition coefficient (Wildman–Crippen LogP) is 4.40. The van der Waals surface area contributed by atoms with Crippen LogP contribution in [0, 0.1) is 0 Å². The van der Waals surface area contributed by atoms with E-state index in [9.17, 15) is 13.6 Å². The zero-order valence-electron chi connectivity index (χ0n) is 12.1. The van der Waals surface area contributed by atoms with Crippen LogP contribution in [0.4, 0.5) is 8.78 Å². The molecule has 1 aliphatic heterocycles. The summed E-state index contributed by atoms with van der Waals surface area (Å²) in [4.78, 5) is 16.1. The van der Waals surface area contributed by atoms with Crippen LogP contribution in [-0.4, -0.2) is 18.5 Å². The van der Waals surface area contributed by atoms with E-state index in [0.29, 0.717) is 0 Å². The lowest BCUT2D eigenvalue weighted by atomic mass is 10.2. The lowest BCUT2D eigenvalue weighted by Crippen LogP contribution is -2.10. The third-order valence-corrected chi connectivity index (χ3v) is 3.66. The number of halogens is 3. The van der Waals surface area contributed by atoms with Gasteiger partial charge >= 0.3 is 12.6 Å². The van der Waals surface area contributed by atoms with Crippen molar-refractivity contribution in [3.05, 3.63) is 69.8 Å². The summed E-state index contributed by atoms with van der Waals surface area (Å²) >= 11 is 3.32. The van der Waals surface area contributed by atoms with Gasteiger partial charge in [-0.1, -0.05) is 40.2 Å². The van der Waals surface area contributed by atoms with E-state index in [2.05, 4.69) is 25.7 Å². The van der Waals surface area contributed by atoms with Crippen LogP contribution in [0.1, 0.15) is 11.1 Å². The number of nitrogens with zero attached hydrogens (tertiary/aromatic N) is 1. The molecule has 0 amide bonds. The lowest BCUT2D eigenvalue weighted by Gasteiger charge is -2.08. The Morgan fingerprint density at radius 1 is 1.12 bits per heavy atom. The van der Waals surface area contributed by atoms with Gasteiger partial charge in [-0.15, -0.1) is 0 Å². The Bertz CT molecular complexity index is 832. The summed E-state index contributed by atoms with van der Waals surface area (Å²) < 4.78 is 35.4. The van der Waals surface area contributed by atoms with Crippen molar-refractivity contribution in [1.82, 2.24) is 0 Å². The molecule has 0 unspecified atom stereocenters. The highest BCUT2D eigenvalue weighted by Gasteiger charge is 2.26. The normalized spacial score (nSPS) is 15.6. The van der Waals surface area contributed by atoms with Crippen molar-refractivity contribution in [1.29, 1.82) is 0 Å². The molecule has 0 saturated heterocycles. The van der Waals surface area contributed by atoms with Crippen molar-refractivity contribution in [2.75, 3.05) is 0 Å². The van der Waals surface area contributed by atoms with Crippen LogP contribution in [0.2, 0.25) is 0 Å². The van der Waals surface area contributed by atoms with Gasteiger partial charge in [-0.25, -0.2) is 9.79 Å². The molecule has 0 aromatic heterocycles. The van der Waals surface area contributed by atoms with Crippen molar-refractivity contribution in [3.63, 3.8) is 0 Å². The van der Waals surface area contributed by atoms with Crippen molar-refractivity contribution in [2.24, 2.45) is 4.99 Å². The van der Waals surface area contributed by atoms with Crippen LogP contribution in [0.25, 0.3) is 6.08 Å². The summed E-state index contributed by atoms with van der Waals surface area (Å²) in [5.41, 5.74) is 1.02. The first-order valence-corrected chi connectivity index (χ1v) is 7.64. The zero-order valence-corrected chi connectivity index (χ0v) is 13.7. The topological polar surface area (TPSA) is 47.9 Å². The molecule has 0 bridgehead atoms. The molecule has 0 saturated carbocycles. The third-order valence-electron chi connectivity index (χ3n) is 3.13. The summed E-state index contributed by atoms with van der Waals surface area (Å²) in [5.74, 6) is -0.830. The molecule has 2 aromatic rings. The van der Waals surface area contributed by atoms with Crippen LogP contribution in [0.5, 0.6) is 5.75 Å². The fourth-order valence-corrected chi connectivity index (χ4v) is 2.35. The number of carbonyl (C=O) groups is 1. The van der Waals surface area contributed by atoms with E-state index >= 15 is 0 Å². The first-order valence-electron chi connectivity index (χ1n) is 6.85. The van der Waals surface area contributed by atoms with Crippen LogP contribution in [-0.2, 0) is 9.53 Å². The molecule has 24 heavy (non-hydrogen) atoms. The van der Waals surface area contributed by atoms with Gasteiger partial charge in [0.15, 0.2) is 5.70 Å². The first-order chi connectivity index (χ1) is 11.5. The number of carbonyl (C=O) groups excluding carboxylic acids is 1. The average Bonchev–Trinajstić information content (AvgIpc) is 2.90. The monoisotopic (exact) mass is 393 g/mol. The summed E-state index contributed by atoms with van der Waals surface area (Å²) in [6.45, 7) is -2.98. The van der Waals surface area contributed by atoms with Crippen LogP contribution >= 0.6 is 15.9 Å². The molecule has 0 radical (unpaired) electrons. The quantitative estimate of drug-likeness (QED) is 0.571. The molecule has 122 valence electrons. The largest absolute Gasteiger partial charge is 0.434 e. The number of hydrogen-bond donors (Lipinski definition) is 0. The van der Waals surface area contributed by atoms with E-state index < -0.39 is 12.6 Å². The number of rotatable bonds is 4. The zero-order chi connectivity index (χ0) is 17.1. The number of aliphatic imine (C=N–C) groups is 1.